The van der Waals surface area contributed by atoms with Gasteiger partial charge in [-0.2, -0.15) is 0 Å². The highest BCUT2D eigenvalue weighted by Gasteiger charge is 2.36. The number of carboxylic acids is 1. The number of phenolic OH excluding ortho intramolecular Hbond substituents is 1. The average molecular weight is 617 g/mol. The van der Waals surface area contributed by atoms with Gasteiger partial charge in [-0.1, -0.05) is 48.5 Å². The molecule has 1 unspecified atom stereocenters. The van der Waals surface area contributed by atoms with Crippen LogP contribution < -0.4 is 25.0 Å². The third-order valence-corrected chi connectivity index (χ3v) is 6.68. The molecule has 4 rings (SSSR count). The number of para-hydroxylation sites is 1. The van der Waals surface area contributed by atoms with Crippen molar-refractivity contribution >= 4 is 47.2 Å². The molecule has 232 valence electrons. The highest BCUT2D eigenvalue weighted by molar-refractivity contribution is 6.43. The summed E-state index contributed by atoms with van der Waals surface area (Å²) in [5.74, 6) is -6.08. The lowest BCUT2D eigenvalue weighted by molar-refractivity contribution is -0.138. The van der Waals surface area contributed by atoms with Crippen molar-refractivity contribution in [2.24, 2.45) is 4.99 Å². The average Bonchev–Trinajstić information content (AvgIpc) is 3.15. The van der Waals surface area contributed by atoms with Gasteiger partial charge in [0.25, 0.3) is 17.6 Å². The molecule has 1 aliphatic heterocycles. The summed E-state index contributed by atoms with van der Waals surface area (Å²) in [5, 5.41) is 23.8. The van der Waals surface area contributed by atoms with E-state index in [9.17, 15) is 33.9 Å². The second-order valence-electron chi connectivity index (χ2n) is 9.63. The maximum absolute atomic E-state index is 14.0. The van der Waals surface area contributed by atoms with Crippen molar-refractivity contribution in [3.8, 4) is 17.2 Å². The van der Waals surface area contributed by atoms with E-state index in [0.29, 0.717) is 11.1 Å². The molecule has 1 heterocycles. The number of nitrogens with one attached hydrogen (secondary N) is 2. The van der Waals surface area contributed by atoms with Crippen molar-refractivity contribution in [2.45, 2.75) is 18.6 Å². The van der Waals surface area contributed by atoms with Crippen LogP contribution in [0.2, 0.25) is 0 Å². The number of carbonyl (C=O) groups is 6. The van der Waals surface area contributed by atoms with E-state index in [1.165, 1.54) is 14.2 Å². The van der Waals surface area contributed by atoms with E-state index in [4.69, 9.17) is 14.6 Å². The molecule has 0 bridgehead atoms. The number of nitrogens with zero attached hydrogens (tertiary/aromatic N) is 2. The number of benzene rings is 3. The van der Waals surface area contributed by atoms with Crippen molar-refractivity contribution < 1.29 is 48.5 Å². The summed E-state index contributed by atoms with van der Waals surface area (Å²) in [6.45, 7) is -0.677. The number of fused-ring (bicyclic) bond motifs is 1. The number of aromatic hydroxyl groups is 1. The number of amides is 3. The molecule has 3 amide bonds. The fourth-order valence-electron chi connectivity index (χ4n) is 4.58. The number of phenols is 1. The normalized spacial score (nSPS) is 14.6. The molecule has 0 fully saturated rings. The van der Waals surface area contributed by atoms with Gasteiger partial charge in [-0.25, -0.2) is 4.99 Å². The van der Waals surface area contributed by atoms with Crippen LogP contribution in [0.5, 0.6) is 17.2 Å². The van der Waals surface area contributed by atoms with Gasteiger partial charge in [-0.05, 0) is 18.2 Å². The Bertz CT molecular complexity index is 1660. The zero-order chi connectivity index (χ0) is 32.7. The maximum Gasteiger partial charge on any atom is 0.305 e. The first kappa shape index (κ1) is 31.9. The number of aldehydes is 1. The molecule has 14 nitrogen and oxygen atoms in total. The lowest BCUT2D eigenvalue weighted by atomic mass is 10.0. The molecule has 45 heavy (non-hydrogen) atoms. The van der Waals surface area contributed by atoms with Gasteiger partial charge in [-0.15, -0.1) is 0 Å². The van der Waals surface area contributed by atoms with Crippen molar-refractivity contribution in [3.05, 3.63) is 83.4 Å². The predicted octanol–water partition coefficient (Wildman–Crippen LogP) is 1.08. The summed E-state index contributed by atoms with van der Waals surface area (Å²) in [4.78, 5) is 81.4. The van der Waals surface area contributed by atoms with Gasteiger partial charge in [0, 0.05) is 16.7 Å². The molecule has 0 saturated carbocycles. The number of anilines is 1. The molecule has 3 aromatic rings. The molecule has 0 aliphatic carbocycles. The zero-order valence-electron chi connectivity index (χ0n) is 24.1. The summed E-state index contributed by atoms with van der Waals surface area (Å²) in [5.41, 5.74) is 1.26. The van der Waals surface area contributed by atoms with Crippen LogP contribution in [-0.4, -0.2) is 84.7 Å². The van der Waals surface area contributed by atoms with E-state index in [-0.39, 0.29) is 40.5 Å². The molecular weight excluding hydrogens is 588 g/mol. The molecule has 14 heteroatoms. The van der Waals surface area contributed by atoms with E-state index in [0.717, 1.165) is 17.0 Å². The Morgan fingerprint density at radius 3 is 2.22 bits per heavy atom. The van der Waals surface area contributed by atoms with Crippen molar-refractivity contribution in [1.29, 1.82) is 0 Å². The van der Waals surface area contributed by atoms with E-state index in [1.807, 2.05) is 0 Å². The molecule has 0 saturated heterocycles. The van der Waals surface area contributed by atoms with E-state index < -0.39 is 54.6 Å². The molecular formula is C31H28N4O10. The molecule has 0 radical (unpaired) electrons. The number of aliphatic imine (C=N–C) groups is 1. The van der Waals surface area contributed by atoms with Crippen LogP contribution in [0.1, 0.15) is 27.9 Å². The van der Waals surface area contributed by atoms with Crippen LogP contribution in [0.3, 0.4) is 0 Å². The second-order valence-corrected chi connectivity index (χ2v) is 9.63. The first-order chi connectivity index (χ1) is 21.6. The Morgan fingerprint density at radius 1 is 1.00 bits per heavy atom. The number of Topliss-reactive ketones (excluding diaryl/α,β-unsaturated/α-hetero) is 1. The maximum atomic E-state index is 14.0. The van der Waals surface area contributed by atoms with Crippen LogP contribution in [0, 0.1) is 0 Å². The topological polar surface area (TPSA) is 201 Å². The second kappa shape index (κ2) is 13.9. The summed E-state index contributed by atoms with van der Waals surface area (Å²) in [6.07, 6.45) is -2.11. The van der Waals surface area contributed by atoms with Crippen LogP contribution in [-0.2, 0) is 24.0 Å². The molecule has 0 spiro atoms. The number of carbonyl (C=O) groups excluding carboxylic acids is 5. The Hall–Kier alpha value is -6.05. The Labute approximate surface area is 256 Å². The van der Waals surface area contributed by atoms with Crippen LogP contribution >= 0.6 is 0 Å². The summed E-state index contributed by atoms with van der Waals surface area (Å²) >= 11 is 0. The van der Waals surface area contributed by atoms with E-state index in [2.05, 4.69) is 15.6 Å². The van der Waals surface area contributed by atoms with Crippen LogP contribution in [0.15, 0.2) is 71.7 Å². The minimum absolute atomic E-state index is 0.135. The van der Waals surface area contributed by atoms with Crippen LogP contribution in [0.4, 0.5) is 5.69 Å². The number of carboxylic acid groups (broad SMARTS) is 1. The van der Waals surface area contributed by atoms with Crippen LogP contribution in [0.25, 0.3) is 0 Å². The SMILES string of the molecule is COc1cc(C(=O)C(=O)NC2N=C(c3ccccc3)c3ccccc3N(CC(=O)N[C@H](C=O)CC(=O)O)C2=O)cc(OC)c1O. The standard InChI is InChI=1S/C31H28N4O10/c1-44-22-12-18(13-23(45-2)28(22)41)27(40)30(42)34-29-31(43)35(15-24(37)32-19(16-36)14-25(38)39)21-11-7-6-10-20(21)26(33-29)17-8-4-3-5-9-17/h3-13,16,19,29,41H,14-15H2,1-2H3,(H,32,37)(H,34,42)(H,38,39)/t19-,29?/m0/s1. The highest BCUT2D eigenvalue weighted by Crippen LogP contribution is 2.37. The van der Waals surface area contributed by atoms with Gasteiger partial charge >= 0.3 is 5.97 Å². The fourth-order valence-corrected chi connectivity index (χ4v) is 4.58. The van der Waals surface area contributed by atoms with Gasteiger partial charge in [0.15, 0.2) is 11.5 Å². The van der Waals surface area contributed by atoms with Gasteiger partial charge in [-0.3, -0.25) is 28.9 Å². The lowest BCUT2D eigenvalue weighted by Gasteiger charge is -2.25. The quantitative estimate of drug-likeness (QED) is 0.130. The lowest BCUT2D eigenvalue weighted by Crippen LogP contribution is -2.52. The summed E-state index contributed by atoms with van der Waals surface area (Å²) in [7, 11) is 2.49. The van der Waals surface area contributed by atoms with Crippen molar-refractivity contribution in [1.82, 2.24) is 10.6 Å². The number of benzodiazepines with no additional fused rings is 1. The third-order valence-electron chi connectivity index (χ3n) is 6.68. The molecule has 3 aromatic carbocycles. The fraction of sp³-hybridized carbons (Fsp3) is 0.194. The Balaban J connectivity index is 1.74. The number of hydrogen-bond donors (Lipinski definition) is 4. The largest absolute Gasteiger partial charge is 0.502 e. The van der Waals surface area contributed by atoms with Gasteiger partial charge in [0.05, 0.1) is 38.1 Å². The minimum Gasteiger partial charge on any atom is -0.502 e. The monoisotopic (exact) mass is 616 g/mol. The molecule has 0 aromatic heterocycles. The number of ketones is 1. The third kappa shape index (κ3) is 7.13. The zero-order valence-corrected chi connectivity index (χ0v) is 24.1. The van der Waals surface area contributed by atoms with Gasteiger partial charge in [0.2, 0.25) is 17.8 Å². The Kier molecular flexibility index (Phi) is 9.88. The van der Waals surface area contributed by atoms with Gasteiger partial charge < -0.3 is 35.1 Å². The summed E-state index contributed by atoms with van der Waals surface area (Å²) < 4.78 is 10.1. The predicted molar refractivity (Wildman–Crippen MR) is 159 cm³/mol. The number of hydrogen-bond acceptors (Lipinski definition) is 10. The minimum atomic E-state index is -1.71. The first-order valence-electron chi connectivity index (χ1n) is 13.4. The number of rotatable bonds is 12. The van der Waals surface area contributed by atoms with Crippen molar-refractivity contribution in [2.75, 3.05) is 25.7 Å². The van der Waals surface area contributed by atoms with E-state index >= 15 is 0 Å². The van der Waals surface area contributed by atoms with Crippen molar-refractivity contribution in [3.63, 3.8) is 0 Å². The Morgan fingerprint density at radius 2 is 1.62 bits per heavy atom. The molecule has 2 atom stereocenters. The smallest absolute Gasteiger partial charge is 0.305 e. The molecule has 1 aliphatic rings. The summed E-state index contributed by atoms with van der Waals surface area (Å²) in [6, 6.07) is 16.1. The number of methoxy groups -OCH3 is 2. The highest BCUT2D eigenvalue weighted by atomic mass is 16.5. The van der Waals surface area contributed by atoms with E-state index in [1.54, 1.807) is 54.6 Å². The number of aliphatic carboxylic acids is 1. The first-order valence-corrected chi connectivity index (χ1v) is 13.4. The number of ether oxygens (including phenoxy) is 2. The molecule has 4 N–H and O–H groups in total. The van der Waals surface area contributed by atoms with Gasteiger partial charge in [0.1, 0.15) is 12.8 Å².